The van der Waals surface area contributed by atoms with Gasteiger partial charge < -0.3 is 9.84 Å². The number of hydrogen-bond donors (Lipinski definition) is 1. The molecule has 0 radical (unpaired) electrons. The van der Waals surface area contributed by atoms with Crippen LogP contribution >= 0.6 is 0 Å². The van der Waals surface area contributed by atoms with Crippen LogP contribution in [-0.2, 0) is 9.53 Å². The fourth-order valence-corrected chi connectivity index (χ4v) is 1.06. The van der Waals surface area contributed by atoms with E-state index in [1.54, 1.807) is 6.92 Å². The predicted molar refractivity (Wildman–Crippen MR) is 31.2 cm³/mol. The smallest absolute Gasteiger partial charge is 0.309 e. The van der Waals surface area contributed by atoms with E-state index in [0.717, 1.165) is 0 Å². The maximum absolute atomic E-state index is 10.3. The summed E-state index contributed by atoms with van der Waals surface area (Å²) >= 11 is 0. The lowest BCUT2D eigenvalue weighted by atomic mass is 10.0. The molecule has 1 aliphatic heterocycles. The van der Waals surface area contributed by atoms with E-state index in [1.165, 1.54) is 0 Å². The fourth-order valence-electron chi connectivity index (χ4n) is 1.06. The number of carbonyl (C=O) groups is 1. The summed E-state index contributed by atoms with van der Waals surface area (Å²) in [5.74, 6) is -1.01. The zero-order chi connectivity index (χ0) is 6.85. The summed E-state index contributed by atoms with van der Waals surface area (Å²) in [5, 5.41) is 8.50. The van der Waals surface area contributed by atoms with Gasteiger partial charge in [-0.25, -0.2) is 0 Å². The SMILES string of the molecule is C[C@H]1OCC[C@H]1C(=O)O. The molecule has 1 rings (SSSR count). The first-order chi connectivity index (χ1) is 4.22. The van der Waals surface area contributed by atoms with Gasteiger partial charge in [-0.05, 0) is 13.3 Å². The van der Waals surface area contributed by atoms with Gasteiger partial charge in [0.2, 0.25) is 0 Å². The van der Waals surface area contributed by atoms with Crippen LogP contribution in [0.2, 0.25) is 0 Å². The van der Waals surface area contributed by atoms with Crippen molar-refractivity contribution in [1.29, 1.82) is 0 Å². The maximum Gasteiger partial charge on any atom is 0.309 e. The van der Waals surface area contributed by atoms with Crippen molar-refractivity contribution in [2.75, 3.05) is 6.61 Å². The minimum absolute atomic E-state index is 0.0949. The Morgan fingerprint density at radius 3 is 2.67 bits per heavy atom. The maximum atomic E-state index is 10.3. The van der Waals surface area contributed by atoms with Crippen molar-refractivity contribution in [2.24, 2.45) is 5.92 Å². The van der Waals surface area contributed by atoms with Crippen LogP contribution in [0.5, 0.6) is 0 Å². The van der Waals surface area contributed by atoms with Crippen LogP contribution in [0.1, 0.15) is 13.3 Å². The third-order valence-electron chi connectivity index (χ3n) is 1.69. The Balaban J connectivity index is 2.49. The van der Waals surface area contributed by atoms with E-state index < -0.39 is 5.97 Å². The number of carboxylic acid groups (broad SMARTS) is 1. The van der Waals surface area contributed by atoms with Gasteiger partial charge in [-0.2, -0.15) is 0 Å². The largest absolute Gasteiger partial charge is 0.481 e. The van der Waals surface area contributed by atoms with Crippen molar-refractivity contribution < 1.29 is 14.6 Å². The minimum Gasteiger partial charge on any atom is -0.481 e. The van der Waals surface area contributed by atoms with Crippen LogP contribution in [0.25, 0.3) is 0 Å². The standard InChI is InChI=1S/C6H10O3/c1-4-5(6(7)8)2-3-9-4/h4-5H,2-3H2,1H3,(H,7,8)/t4-,5-/m1/s1. The normalized spacial score (nSPS) is 34.8. The molecule has 0 aromatic carbocycles. The Morgan fingerprint density at radius 1 is 1.78 bits per heavy atom. The zero-order valence-electron chi connectivity index (χ0n) is 5.33. The van der Waals surface area contributed by atoms with Crippen molar-refractivity contribution in [2.45, 2.75) is 19.4 Å². The van der Waals surface area contributed by atoms with Gasteiger partial charge >= 0.3 is 5.97 Å². The lowest BCUT2D eigenvalue weighted by molar-refractivity contribution is -0.143. The Morgan fingerprint density at radius 2 is 2.44 bits per heavy atom. The molecule has 1 fully saturated rings. The van der Waals surface area contributed by atoms with Crippen LogP contribution in [-0.4, -0.2) is 23.8 Å². The molecule has 0 saturated carbocycles. The first-order valence-electron chi connectivity index (χ1n) is 3.06. The summed E-state index contributed by atoms with van der Waals surface area (Å²) < 4.78 is 5.05. The first kappa shape index (κ1) is 6.55. The molecule has 9 heavy (non-hydrogen) atoms. The van der Waals surface area contributed by atoms with Crippen LogP contribution < -0.4 is 0 Å². The monoisotopic (exact) mass is 130 g/mol. The molecule has 0 spiro atoms. The third kappa shape index (κ3) is 1.21. The summed E-state index contributed by atoms with van der Waals surface area (Å²) in [6.45, 7) is 2.39. The molecule has 0 amide bonds. The molecule has 1 heterocycles. The second-order valence-corrected chi connectivity index (χ2v) is 2.31. The average Bonchev–Trinajstić information content (AvgIpc) is 2.13. The van der Waals surface area contributed by atoms with Gasteiger partial charge in [0.25, 0.3) is 0 Å². The Bertz CT molecular complexity index is 121. The van der Waals surface area contributed by atoms with E-state index in [1.807, 2.05) is 0 Å². The van der Waals surface area contributed by atoms with Crippen molar-refractivity contribution in [3.63, 3.8) is 0 Å². The van der Waals surface area contributed by atoms with Crippen molar-refractivity contribution in [1.82, 2.24) is 0 Å². The summed E-state index contributed by atoms with van der Waals surface area (Å²) in [4.78, 5) is 10.3. The summed E-state index contributed by atoms with van der Waals surface area (Å²) in [6.07, 6.45) is 0.568. The average molecular weight is 130 g/mol. The van der Waals surface area contributed by atoms with E-state index in [9.17, 15) is 4.79 Å². The molecule has 3 nitrogen and oxygen atoms in total. The number of aliphatic carboxylic acids is 1. The van der Waals surface area contributed by atoms with Crippen molar-refractivity contribution in [3.8, 4) is 0 Å². The topological polar surface area (TPSA) is 46.5 Å². The molecule has 0 unspecified atom stereocenters. The molecule has 1 saturated heterocycles. The third-order valence-corrected chi connectivity index (χ3v) is 1.69. The molecule has 0 aromatic rings. The zero-order valence-corrected chi connectivity index (χ0v) is 5.33. The van der Waals surface area contributed by atoms with Gasteiger partial charge in [-0.3, -0.25) is 4.79 Å². The highest BCUT2D eigenvalue weighted by Crippen LogP contribution is 2.19. The van der Waals surface area contributed by atoms with Crippen LogP contribution in [0, 0.1) is 5.92 Å². The van der Waals surface area contributed by atoms with E-state index in [0.29, 0.717) is 13.0 Å². The van der Waals surface area contributed by atoms with Gasteiger partial charge in [0.15, 0.2) is 0 Å². The quantitative estimate of drug-likeness (QED) is 0.562. The van der Waals surface area contributed by atoms with E-state index in [-0.39, 0.29) is 12.0 Å². The Kier molecular flexibility index (Phi) is 1.71. The molecule has 1 N–H and O–H groups in total. The van der Waals surface area contributed by atoms with Gasteiger partial charge in [0.1, 0.15) is 0 Å². The number of rotatable bonds is 1. The highest BCUT2D eigenvalue weighted by molar-refractivity contribution is 5.70. The molecule has 2 atom stereocenters. The van der Waals surface area contributed by atoms with Crippen LogP contribution in [0.3, 0.4) is 0 Å². The van der Waals surface area contributed by atoms with Crippen molar-refractivity contribution in [3.05, 3.63) is 0 Å². The number of carboxylic acids is 1. The highest BCUT2D eigenvalue weighted by atomic mass is 16.5. The van der Waals surface area contributed by atoms with Gasteiger partial charge in [0, 0.05) is 6.61 Å². The predicted octanol–water partition coefficient (Wildman–Crippen LogP) is 0.496. The molecule has 0 bridgehead atoms. The van der Waals surface area contributed by atoms with E-state index in [4.69, 9.17) is 9.84 Å². The number of hydrogen-bond acceptors (Lipinski definition) is 2. The summed E-state index contributed by atoms with van der Waals surface area (Å²) in [6, 6.07) is 0. The number of ether oxygens (including phenoxy) is 1. The van der Waals surface area contributed by atoms with E-state index >= 15 is 0 Å². The molecular weight excluding hydrogens is 120 g/mol. The molecule has 3 heteroatoms. The van der Waals surface area contributed by atoms with Gasteiger partial charge in [-0.1, -0.05) is 0 Å². The minimum atomic E-state index is -0.736. The van der Waals surface area contributed by atoms with Crippen molar-refractivity contribution >= 4 is 5.97 Å². The van der Waals surface area contributed by atoms with Gasteiger partial charge in [0.05, 0.1) is 12.0 Å². The fraction of sp³-hybridized carbons (Fsp3) is 0.833. The summed E-state index contributed by atoms with van der Waals surface area (Å²) in [5.41, 5.74) is 0. The van der Waals surface area contributed by atoms with Crippen LogP contribution in [0.15, 0.2) is 0 Å². The lowest BCUT2D eigenvalue weighted by Crippen LogP contribution is -2.20. The molecule has 1 aliphatic rings. The lowest BCUT2D eigenvalue weighted by Gasteiger charge is -2.06. The molecule has 52 valence electrons. The second kappa shape index (κ2) is 2.35. The summed E-state index contributed by atoms with van der Waals surface area (Å²) in [7, 11) is 0. The molecule has 0 aliphatic carbocycles. The van der Waals surface area contributed by atoms with E-state index in [2.05, 4.69) is 0 Å². The van der Waals surface area contributed by atoms with Gasteiger partial charge in [-0.15, -0.1) is 0 Å². The highest BCUT2D eigenvalue weighted by Gasteiger charge is 2.29. The second-order valence-electron chi connectivity index (χ2n) is 2.31. The van der Waals surface area contributed by atoms with Crippen LogP contribution in [0.4, 0.5) is 0 Å². The Hall–Kier alpha value is -0.570. The Labute approximate surface area is 53.6 Å². The molecular formula is C6H10O3. The first-order valence-corrected chi connectivity index (χ1v) is 3.06. The molecule has 0 aromatic heterocycles.